The second-order valence-corrected chi connectivity index (χ2v) is 2.44. The van der Waals surface area contributed by atoms with Crippen molar-refractivity contribution >= 4 is 11.7 Å². The van der Waals surface area contributed by atoms with Crippen molar-refractivity contribution in [3.8, 4) is 5.75 Å². The Morgan fingerprint density at radius 1 is 1.57 bits per heavy atom. The second-order valence-electron chi connectivity index (χ2n) is 2.44. The van der Waals surface area contributed by atoms with Crippen molar-refractivity contribution in [2.75, 3.05) is 5.73 Å². The number of hydrogen-bond acceptors (Lipinski definition) is 4. The minimum Gasteiger partial charge on any atom is -0.504 e. The summed E-state index contributed by atoms with van der Waals surface area (Å²) in [5, 5.41) is 17.5. The molecule has 0 saturated carbocycles. The molecule has 0 spiro atoms. The summed E-state index contributed by atoms with van der Waals surface area (Å²) in [5.74, 6) is -2.42. The number of carbonyl (C=O) groups is 1. The fraction of sp³-hybridized carbons (Fsp3) is 0.143. The third kappa shape index (κ3) is 1.70. The molecule has 1 heterocycles. The number of nitrogens with two attached hydrogens (primary N) is 1. The second kappa shape index (κ2) is 3.44. The minimum atomic E-state index is -2.93. The van der Waals surface area contributed by atoms with E-state index in [-0.39, 0.29) is 0 Å². The van der Waals surface area contributed by atoms with Crippen molar-refractivity contribution in [1.82, 2.24) is 4.98 Å². The lowest BCUT2D eigenvalue weighted by molar-refractivity contribution is 0.0685. The summed E-state index contributed by atoms with van der Waals surface area (Å²) >= 11 is 0. The minimum absolute atomic E-state index is 0.437. The molecule has 0 radical (unpaired) electrons. The Hall–Kier alpha value is -1.92. The van der Waals surface area contributed by atoms with Gasteiger partial charge in [-0.05, 0) is 6.07 Å². The van der Waals surface area contributed by atoms with E-state index in [0.717, 1.165) is 6.07 Å². The van der Waals surface area contributed by atoms with Crippen LogP contribution in [-0.4, -0.2) is 21.2 Å². The van der Waals surface area contributed by atoms with Gasteiger partial charge < -0.3 is 15.9 Å². The summed E-state index contributed by atoms with van der Waals surface area (Å²) in [4.78, 5) is 13.5. The highest BCUT2D eigenvalue weighted by atomic mass is 19.3. The first kappa shape index (κ1) is 10.2. The molecule has 0 unspecified atom stereocenters. The number of rotatable bonds is 2. The molecule has 0 amide bonds. The molecule has 5 nitrogen and oxygen atoms in total. The van der Waals surface area contributed by atoms with Crippen molar-refractivity contribution in [2.24, 2.45) is 0 Å². The monoisotopic (exact) mass is 204 g/mol. The molecule has 4 N–H and O–H groups in total. The average molecular weight is 204 g/mol. The first-order chi connectivity index (χ1) is 6.43. The molecular weight excluding hydrogens is 198 g/mol. The number of halogens is 2. The summed E-state index contributed by atoms with van der Waals surface area (Å²) in [5.41, 5.74) is 3.02. The Morgan fingerprint density at radius 3 is 2.57 bits per heavy atom. The van der Waals surface area contributed by atoms with Crippen LogP contribution in [0, 0.1) is 0 Å². The van der Waals surface area contributed by atoms with Crippen LogP contribution in [0.2, 0.25) is 0 Å². The van der Waals surface area contributed by atoms with Gasteiger partial charge in [-0.15, -0.1) is 0 Å². The largest absolute Gasteiger partial charge is 0.504 e. The number of alkyl halides is 2. The molecule has 0 atom stereocenters. The average Bonchev–Trinajstić information content (AvgIpc) is 2.08. The molecule has 1 aromatic rings. The number of carboxylic acid groups (broad SMARTS) is 1. The van der Waals surface area contributed by atoms with Gasteiger partial charge in [0.05, 0.1) is 5.69 Å². The topological polar surface area (TPSA) is 96.4 Å². The highest BCUT2D eigenvalue weighted by molar-refractivity contribution is 5.90. The van der Waals surface area contributed by atoms with Crippen molar-refractivity contribution in [1.29, 1.82) is 0 Å². The van der Waals surface area contributed by atoms with E-state index in [1.54, 1.807) is 0 Å². The zero-order valence-electron chi connectivity index (χ0n) is 6.74. The van der Waals surface area contributed by atoms with Crippen LogP contribution in [0.15, 0.2) is 6.07 Å². The summed E-state index contributed by atoms with van der Waals surface area (Å²) in [6.07, 6.45) is -2.93. The van der Waals surface area contributed by atoms with E-state index in [2.05, 4.69) is 4.98 Å². The first-order valence-electron chi connectivity index (χ1n) is 3.44. The highest BCUT2D eigenvalue weighted by Crippen LogP contribution is 2.28. The number of nitrogens with zero attached hydrogens (tertiary/aromatic N) is 1. The summed E-state index contributed by atoms with van der Waals surface area (Å²) < 4.78 is 24.3. The van der Waals surface area contributed by atoms with E-state index in [0.29, 0.717) is 0 Å². The van der Waals surface area contributed by atoms with E-state index in [1.165, 1.54) is 0 Å². The van der Waals surface area contributed by atoms with Gasteiger partial charge in [-0.3, -0.25) is 0 Å². The van der Waals surface area contributed by atoms with Gasteiger partial charge >= 0.3 is 5.97 Å². The zero-order valence-corrected chi connectivity index (χ0v) is 6.74. The molecule has 0 aliphatic rings. The number of hydrogen-bond donors (Lipinski definition) is 3. The molecule has 0 aromatic carbocycles. The Balaban J connectivity index is 3.35. The molecule has 0 fully saturated rings. The lowest BCUT2D eigenvalue weighted by atomic mass is 10.2. The SMILES string of the molecule is Nc1cc(C(F)F)nc(C(=O)O)c1O. The Bertz CT molecular complexity index is 381. The number of carboxylic acids is 1. The maximum atomic E-state index is 12.1. The van der Waals surface area contributed by atoms with Crippen LogP contribution in [0.25, 0.3) is 0 Å². The van der Waals surface area contributed by atoms with Crippen LogP contribution in [0.4, 0.5) is 14.5 Å². The van der Waals surface area contributed by atoms with Crippen molar-refractivity contribution in [2.45, 2.75) is 6.43 Å². The molecule has 0 saturated heterocycles. The van der Waals surface area contributed by atoms with Crippen LogP contribution in [0.1, 0.15) is 22.6 Å². The molecular formula is C7H6F2N2O3. The van der Waals surface area contributed by atoms with Gasteiger partial charge in [-0.2, -0.15) is 0 Å². The Morgan fingerprint density at radius 2 is 2.14 bits per heavy atom. The Labute approximate surface area is 76.8 Å². The fourth-order valence-corrected chi connectivity index (χ4v) is 0.840. The van der Waals surface area contributed by atoms with Crippen LogP contribution in [0.5, 0.6) is 5.75 Å². The number of pyridine rings is 1. The molecule has 1 aromatic heterocycles. The van der Waals surface area contributed by atoms with Crippen LogP contribution < -0.4 is 5.73 Å². The van der Waals surface area contributed by atoms with Gasteiger partial charge in [-0.25, -0.2) is 18.6 Å². The van der Waals surface area contributed by atoms with Gasteiger partial charge in [0, 0.05) is 0 Å². The smallest absolute Gasteiger partial charge is 0.358 e. The fourth-order valence-electron chi connectivity index (χ4n) is 0.840. The maximum absolute atomic E-state index is 12.1. The molecule has 0 aliphatic heterocycles. The number of aromatic hydroxyl groups is 1. The van der Waals surface area contributed by atoms with E-state index in [9.17, 15) is 13.6 Å². The molecule has 14 heavy (non-hydrogen) atoms. The first-order valence-corrected chi connectivity index (χ1v) is 3.44. The number of aromatic nitrogens is 1. The molecule has 0 aliphatic carbocycles. The lowest BCUT2D eigenvalue weighted by Gasteiger charge is -2.05. The Kier molecular flexibility index (Phi) is 2.50. The molecule has 7 heteroatoms. The normalized spacial score (nSPS) is 10.5. The summed E-state index contributed by atoms with van der Waals surface area (Å²) in [7, 11) is 0. The van der Waals surface area contributed by atoms with Crippen LogP contribution >= 0.6 is 0 Å². The maximum Gasteiger partial charge on any atom is 0.358 e. The molecule has 1 rings (SSSR count). The van der Waals surface area contributed by atoms with Gasteiger partial charge in [0.2, 0.25) is 0 Å². The molecule has 0 bridgehead atoms. The highest BCUT2D eigenvalue weighted by Gasteiger charge is 2.19. The van der Waals surface area contributed by atoms with E-state index < -0.39 is 35.2 Å². The third-order valence-corrected chi connectivity index (χ3v) is 1.47. The summed E-state index contributed by atoms with van der Waals surface area (Å²) in [6.45, 7) is 0. The lowest BCUT2D eigenvalue weighted by Crippen LogP contribution is -2.06. The van der Waals surface area contributed by atoms with Crippen molar-refractivity contribution in [3.63, 3.8) is 0 Å². The predicted octanol–water partition coefficient (Wildman–Crippen LogP) is 1.01. The van der Waals surface area contributed by atoms with Crippen LogP contribution in [-0.2, 0) is 0 Å². The van der Waals surface area contributed by atoms with E-state index in [1.807, 2.05) is 0 Å². The third-order valence-electron chi connectivity index (χ3n) is 1.47. The standard InChI is InChI=1S/C7H6F2N2O3/c8-6(9)3-1-2(10)5(12)4(11-3)7(13)14/h1,6,12H,(H2,10,11)(H,13,14). The molecule has 76 valence electrons. The van der Waals surface area contributed by atoms with Crippen LogP contribution in [0.3, 0.4) is 0 Å². The zero-order chi connectivity index (χ0) is 10.9. The number of anilines is 1. The van der Waals surface area contributed by atoms with Gasteiger partial charge in [-0.1, -0.05) is 0 Å². The summed E-state index contributed by atoms with van der Waals surface area (Å²) in [6, 6.07) is 0.729. The quantitative estimate of drug-likeness (QED) is 0.667. The number of nitrogen functional groups attached to an aromatic ring is 1. The van der Waals surface area contributed by atoms with Gasteiger partial charge in [0.15, 0.2) is 11.4 Å². The predicted molar refractivity (Wildman–Crippen MR) is 42.2 cm³/mol. The van der Waals surface area contributed by atoms with Gasteiger partial charge in [0.25, 0.3) is 6.43 Å². The van der Waals surface area contributed by atoms with Gasteiger partial charge in [0.1, 0.15) is 5.69 Å². The van der Waals surface area contributed by atoms with Crippen molar-refractivity contribution < 1.29 is 23.8 Å². The number of aromatic carboxylic acids is 1. The van der Waals surface area contributed by atoms with Crippen molar-refractivity contribution in [3.05, 3.63) is 17.5 Å². The van der Waals surface area contributed by atoms with E-state index in [4.69, 9.17) is 15.9 Å². The van der Waals surface area contributed by atoms with E-state index >= 15 is 0 Å².